The molecule has 0 aliphatic heterocycles. The topological polar surface area (TPSA) is 105 Å². The molecular weight excluding hydrogens is 415 g/mol. The summed E-state index contributed by atoms with van der Waals surface area (Å²) in [7, 11) is 0. The Morgan fingerprint density at radius 3 is 2.58 bits per heavy atom. The van der Waals surface area contributed by atoms with Crippen molar-refractivity contribution in [3.05, 3.63) is 85.8 Å². The predicted molar refractivity (Wildman–Crippen MR) is 110 cm³/mol. The highest BCUT2D eigenvalue weighted by molar-refractivity contribution is 5.80. The molecule has 0 aliphatic carbocycles. The third-order valence-corrected chi connectivity index (χ3v) is 4.43. The fourth-order valence-electron chi connectivity index (χ4n) is 2.92. The van der Waals surface area contributed by atoms with Crippen LogP contribution in [-0.2, 0) is 6.18 Å². The summed E-state index contributed by atoms with van der Waals surface area (Å²) in [6.45, 7) is 1.84. The molecule has 0 radical (unpaired) electrons. The number of aromatic amines is 1. The Bertz CT molecular complexity index is 1170. The van der Waals surface area contributed by atoms with Gasteiger partial charge in [0, 0.05) is 36.3 Å². The number of aliphatic imine (C=N–C) groups is 1. The van der Waals surface area contributed by atoms with Crippen molar-refractivity contribution in [3.63, 3.8) is 0 Å². The molecular formula is C20H18F3N5O3. The predicted octanol–water partition coefficient (Wildman–Crippen LogP) is 3.93. The van der Waals surface area contributed by atoms with Gasteiger partial charge in [-0.2, -0.15) is 13.2 Å². The minimum atomic E-state index is -4.75. The molecule has 0 bridgehead atoms. The maximum atomic E-state index is 13.2. The number of H-pyrrole nitrogens is 1. The zero-order valence-electron chi connectivity index (χ0n) is 16.3. The number of hydrogen-bond acceptors (Lipinski definition) is 5. The third kappa shape index (κ3) is 5.00. The molecule has 2 aromatic carbocycles. The second-order valence-corrected chi connectivity index (χ2v) is 6.57. The summed E-state index contributed by atoms with van der Waals surface area (Å²) in [6, 6.07) is 11.5. The van der Waals surface area contributed by atoms with Crippen LogP contribution in [0.3, 0.4) is 0 Å². The number of non-ortho nitro benzene ring substituents is 1. The smallest absolute Gasteiger partial charge is 0.383 e. The van der Waals surface area contributed by atoms with E-state index in [2.05, 4.69) is 15.4 Å². The van der Waals surface area contributed by atoms with E-state index in [9.17, 15) is 28.1 Å². The Hall–Kier alpha value is -3.89. The van der Waals surface area contributed by atoms with Crippen LogP contribution < -0.4 is 10.9 Å². The molecule has 162 valence electrons. The van der Waals surface area contributed by atoms with Crippen LogP contribution in [0.15, 0.2) is 58.3 Å². The Morgan fingerprint density at radius 2 is 1.94 bits per heavy atom. The number of halogens is 3. The van der Waals surface area contributed by atoms with Crippen molar-refractivity contribution < 1.29 is 18.1 Å². The first kappa shape index (κ1) is 21.8. The van der Waals surface area contributed by atoms with E-state index in [0.717, 1.165) is 12.1 Å². The molecule has 8 nitrogen and oxygen atoms in total. The Labute approximate surface area is 174 Å². The zero-order chi connectivity index (χ0) is 22.6. The summed E-state index contributed by atoms with van der Waals surface area (Å²) in [4.78, 5) is 26.5. The van der Waals surface area contributed by atoms with Crippen molar-refractivity contribution in [1.29, 1.82) is 0 Å². The minimum Gasteiger partial charge on any atom is -0.383 e. The van der Waals surface area contributed by atoms with Crippen LogP contribution in [0.1, 0.15) is 16.8 Å². The lowest BCUT2D eigenvalue weighted by molar-refractivity contribution is -0.385. The van der Waals surface area contributed by atoms with Crippen LogP contribution in [0.5, 0.6) is 0 Å². The molecule has 3 rings (SSSR count). The van der Waals surface area contributed by atoms with E-state index < -0.39 is 22.4 Å². The summed E-state index contributed by atoms with van der Waals surface area (Å²) < 4.78 is 40.9. The molecule has 1 aromatic heterocycles. The molecule has 0 fully saturated rings. The second-order valence-electron chi connectivity index (χ2n) is 6.57. The first-order valence-corrected chi connectivity index (χ1v) is 9.15. The molecule has 0 saturated heterocycles. The molecule has 0 spiro atoms. The monoisotopic (exact) mass is 433 g/mol. The van der Waals surface area contributed by atoms with Gasteiger partial charge in [0.1, 0.15) is 0 Å². The quantitative estimate of drug-likeness (QED) is 0.255. The van der Waals surface area contributed by atoms with Crippen LogP contribution in [-0.4, -0.2) is 34.0 Å². The largest absolute Gasteiger partial charge is 0.418 e. The van der Waals surface area contributed by atoms with Gasteiger partial charge in [0.05, 0.1) is 28.3 Å². The average molecular weight is 433 g/mol. The van der Waals surface area contributed by atoms with E-state index in [0.29, 0.717) is 23.0 Å². The van der Waals surface area contributed by atoms with E-state index in [1.807, 2.05) is 6.07 Å². The molecule has 0 saturated carbocycles. The molecule has 31 heavy (non-hydrogen) atoms. The fraction of sp³-hybridized carbons (Fsp3) is 0.200. The second kappa shape index (κ2) is 8.86. The standard InChI is InChI=1S/C20H18F3N5O3/c1-13-16(19(29)27(26-13)14-5-3-2-4-6-14)12-24-9-10-25-18-8-7-15(28(30)31)11-17(18)20(21,22)23/h2-8,11-12,25-26H,9-10H2,1H3. The molecule has 1 heterocycles. The van der Waals surface area contributed by atoms with Gasteiger partial charge in [0.25, 0.3) is 11.2 Å². The van der Waals surface area contributed by atoms with Gasteiger partial charge in [-0.25, -0.2) is 4.68 Å². The van der Waals surface area contributed by atoms with Crippen molar-refractivity contribution in [1.82, 2.24) is 9.78 Å². The van der Waals surface area contributed by atoms with Crippen molar-refractivity contribution in [2.75, 3.05) is 18.4 Å². The number of nitro benzene ring substituents is 1. The highest BCUT2D eigenvalue weighted by Gasteiger charge is 2.35. The lowest BCUT2D eigenvalue weighted by Crippen LogP contribution is -2.17. The molecule has 3 aromatic rings. The Morgan fingerprint density at radius 1 is 1.23 bits per heavy atom. The van der Waals surface area contributed by atoms with Crippen LogP contribution in [0.4, 0.5) is 24.5 Å². The molecule has 0 atom stereocenters. The summed E-state index contributed by atoms with van der Waals surface area (Å²) in [5, 5.41) is 16.3. The summed E-state index contributed by atoms with van der Waals surface area (Å²) in [5.41, 5.74) is -0.746. The number of hydrogen-bond donors (Lipinski definition) is 2. The van der Waals surface area contributed by atoms with Crippen molar-refractivity contribution >= 4 is 17.6 Å². The summed E-state index contributed by atoms with van der Waals surface area (Å²) in [6.07, 6.45) is -3.38. The van der Waals surface area contributed by atoms with Gasteiger partial charge in [-0.1, -0.05) is 18.2 Å². The third-order valence-electron chi connectivity index (χ3n) is 4.43. The Kier molecular flexibility index (Phi) is 6.23. The van der Waals surface area contributed by atoms with Gasteiger partial charge >= 0.3 is 6.18 Å². The number of benzene rings is 2. The number of rotatable bonds is 7. The molecule has 11 heteroatoms. The van der Waals surface area contributed by atoms with E-state index in [4.69, 9.17) is 0 Å². The maximum Gasteiger partial charge on any atom is 0.418 e. The number of aryl methyl sites for hydroxylation is 1. The highest BCUT2D eigenvalue weighted by Crippen LogP contribution is 2.36. The lowest BCUT2D eigenvalue weighted by atomic mass is 10.1. The number of para-hydroxylation sites is 1. The molecule has 2 N–H and O–H groups in total. The Balaban J connectivity index is 1.69. The normalized spacial score (nSPS) is 11.7. The number of anilines is 1. The average Bonchev–Trinajstić information content (AvgIpc) is 3.01. The van der Waals surface area contributed by atoms with Crippen LogP contribution in [0.25, 0.3) is 5.69 Å². The van der Waals surface area contributed by atoms with Crippen molar-refractivity contribution in [2.24, 2.45) is 4.99 Å². The van der Waals surface area contributed by atoms with Gasteiger partial charge in [-0.05, 0) is 25.1 Å². The maximum absolute atomic E-state index is 13.2. The van der Waals surface area contributed by atoms with Gasteiger partial charge in [0.2, 0.25) is 0 Å². The lowest BCUT2D eigenvalue weighted by Gasteiger charge is -2.13. The van der Waals surface area contributed by atoms with Crippen molar-refractivity contribution in [3.8, 4) is 5.69 Å². The fourth-order valence-corrected chi connectivity index (χ4v) is 2.92. The van der Waals surface area contributed by atoms with E-state index in [-0.39, 0.29) is 24.3 Å². The summed E-state index contributed by atoms with van der Waals surface area (Å²) >= 11 is 0. The van der Waals surface area contributed by atoms with Crippen LogP contribution in [0.2, 0.25) is 0 Å². The number of nitro groups is 1. The van der Waals surface area contributed by atoms with E-state index in [1.165, 1.54) is 10.9 Å². The number of nitrogens with one attached hydrogen (secondary N) is 2. The van der Waals surface area contributed by atoms with E-state index in [1.54, 1.807) is 31.2 Å². The minimum absolute atomic E-state index is 0.0355. The first-order valence-electron chi connectivity index (χ1n) is 9.15. The van der Waals surface area contributed by atoms with Crippen molar-refractivity contribution in [2.45, 2.75) is 13.1 Å². The summed E-state index contributed by atoms with van der Waals surface area (Å²) in [5.74, 6) is 0. The van der Waals surface area contributed by atoms with E-state index >= 15 is 0 Å². The van der Waals surface area contributed by atoms with Gasteiger partial charge in [-0.3, -0.25) is 25.0 Å². The van der Waals surface area contributed by atoms with Gasteiger partial charge < -0.3 is 5.32 Å². The van der Waals surface area contributed by atoms with Gasteiger partial charge in [0.15, 0.2) is 0 Å². The van der Waals surface area contributed by atoms with Crippen LogP contribution >= 0.6 is 0 Å². The number of aromatic nitrogens is 2. The number of alkyl halides is 3. The zero-order valence-corrected chi connectivity index (χ0v) is 16.3. The van der Waals surface area contributed by atoms with Gasteiger partial charge in [-0.15, -0.1) is 0 Å². The first-order chi connectivity index (χ1) is 14.7. The van der Waals surface area contributed by atoms with Crippen LogP contribution in [0, 0.1) is 17.0 Å². The highest BCUT2D eigenvalue weighted by atomic mass is 19.4. The molecule has 0 amide bonds. The molecule has 0 aliphatic rings. The SMILES string of the molecule is Cc1[nH]n(-c2ccccc2)c(=O)c1C=NCCNc1ccc([N+](=O)[O-])cc1C(F)(F)F. The molecule has 0 unspecified atom stereocenters. The number of nitrogens with zero attached hydrogens (tertiary/aromatic N) is 3.